The number of amides is 1. The zero-order valence-corrected chi connectivity index (χ0v) is 11.1. The highest BCUT2D eigenvalue weighted by atomic mass is 35.5. The van der Waals surface area contributed by atoms with Gasteiger partial charge in [0.25, 0.3) is 5.91 Å². The molecule has 19 heavy (non-hydrogen) atoms. The number of ether oxygens (including phenoxy) is 1. The Morgan fingerprint density at radius 2 is 1.79 bits per heavy atom. The molecule has 0 aliphatic rings. The standard InChI is InChI=1S/C14H13ClN2O2/c1-19-11-8-6-10(7-9-11)17(16)14(18)12-4-2-3-5-13(12)15/h2-9H,16H2,1H3. The lowest BCUT2D eigenvalue weighted by atomic mass is 10.2. The van der Waals surface area contributed by atoms with Gasteiger partial charge >= 0.3 is 0 Å². The van der Waals surface area contributed by atoms with Crippen LogP contribution < -0.4 is 15.6 Å². The summed E-state index contributed by atoms with van der Waals surface area (Å²) in [6.45, 7) is 0. The monoisotopic (exact) mass is 276 g/mol. The summed E-state index contributed by atoms with van der Waals surface area (Å²) in [5.41, 5.74) is 0.924. The van der Waals surface area contributed by atoms with E-state index < -0.39 is 0 Å². The maximum absolute atomic E-state index is 12.2. The predicted molar refractivity (Wildman–Crippen MR) is 75.4 cm³/mol. The lowest BCUT2D eigenvalue weighted by molar-refractivity contribution is 0.0987. The van der Waals surface area contributed by atoms with Gasteiger partial charge in [-0.1, -0.05) is 23.7 Å². The van der Waals surface area contributed by atoms with Gasteiger partial charge in [0.15, 0.2) is 0 Å². The summed E-state index contributed by atoms with van der Waals surface area (Å²) in [4.78, 5) is 12.2. The van der Waals surface area contributed by atoms with Crippen LogP contribution in [0.4, 0.5) is 5.69 Å². The summed E-state index contributed by atoms with van der Waals surface area (Å²) < 4.78 is 5.05. The molecular formula is C14H13ClN2O2. The molecule has 0 radical (unpaired) electrons. The molecular weight excluding hydrogens is 264 g/mol. The van der Waals surface area contributed by atoms with Crippen LogP contribution in [0.2, 0.25) is 5.02 Å². The number of anilines is 1. The molecule has 0 spiro atoms. The van der Waals surface area contributed by atoms with Gasteiger partial charge in [-0.15, -0.1) is 0 Å². The maximum atomic E-state index is 12.2. The Morgan fingerprint density at radius 3 is 2.37 bits per heavy atom. The van der Waals surface area contributed by atoms with Gasteiger partial charge in [-0.25, -0.2) is 10.9 Å². The number of nitrogens with zero attached hydrogens (tertiary/aromatic N) is 1. The molecule has 0 aliphatic carbocycles. The van der Waals surface area contributed by atoms with Crippen molar-refractivity contribution < 1.29 is 9.53 Å². The first kappa shape index (κ1) is 13.4. The van der Waals surface area contributed by atoms with Crippen molar-refractivity contribution in [3.8, 4) is 5.75 Å². The highest BCUT2D eigenvalue weighted by Crippen LogP contribution is 2.21. The molecule has 0 saturated carbocycles. The topological polar surface area (TPSA) is 55.6 Å². The van der Waals surface area contributed by atoms with Gasteiger partial charge in [0.05, 0.1) is 23.4 Å². The van der Waals surface area contributed by atoms with Crippen molar-refractivity contribution in [2.75, 3.05) is 12.1 Å². The maximum Gasteiger partial charge on any atom is 0.273 e. The number of hydrogen-bond donors (Lipinski definition) is 1. The first-order valence-electron chi connectivity index (χ1n) is 5.61. The van der Waals surface area contributed by atoms with Crippen molar-refractivity contribution in [1.82, 2.24) is 0 Å². The molecule has 2 aromatic rings. The van der Waals surface area contributed by atoms with Crippen LogP contribution in [-0.4, -0.2) is 13.0 Å². The minimum absolute atomic E-state index is 0.363. The van der Waals surface area contributed by atoms with Crippen LogP contribution in [0.1, 0.15) is 10.4 Å². The van der Waals surface area contributed by atoms with Crippen molar-refractivity contribution in [3.05, 3.63) is 59.1 Å². The quantitative estimate of drug-likeness (QED) is 0.533. The van der Waals surface area contributed by atoms with Gasteiger partial charge in [-0.05, 0) is 36.4 Å². The fraction of sp³-hybridized carbons (Fsp3) is 0.0714. The normalized spacial score (nSPS) is 10.1. The van der Waals surface area contributed by atoms with Gasteiger partial charge in [-0.2, -0.15) is 0 Å². The largest absolute Gasteiger partial charge is 0.497 e. The first-order valence-corrected chi connectivity index (χ1v) is 5.99. The Bertz CT molecular complexity index is 584. The number of methoxy groups -OCH3 is 1. The van der Waals surface area contributed by atoms with Gasteiger partial charge in [0.1, 0.15) is 5.75 Å². The van der Waals surface area contributed by atoms with E-state index in [1.165, 1.54) is 0 Å². The number of nitrogens with two attached hydrogens (primary N) is 1. The Labute approximate surface area is 116 Å². The molecule has 2 N–H and O–H groups in total. The average Bonchev–Trinajstić information content (AvgIpc) is 2.46. The van der Waals surface area contributed by atoms with E-state index in [9.17, 15) is 4.79 Å². The van der Waals surface area contributed by atoms with Crippen molar-refractivity contribution in [3.63, 3.8) is 0 Å². The molecule has 0 bridgehead atoms. The van der Waals surface area contributed by atoms with Gasteiger partial charge in [0.2, 0.25) is 0 Å². The second-order valence-electron chi connectivity index (χ2n) is 3.85. The van der Waals surface area contributed by atoms with Crippen molar-refractivity contribution in [2.24, 2.45) is 5.84 Å². The lowest BCUT2D eigenvalue weighted by Gasteiger charge is -2.17. The van der Waals surface area contributed by atoms with Crippen LogP contribution >= 0.6 is 11.6 Å². The van der Waals surface area contributed by atoms with Crippen LogP contribution in [-0.2, 0) is 0 Å². The number of hydrazine groups is 1. The highest BCUT2D eigenvalue weighted by molar-refractivity contribution is 6.34. The third-order valence-corrected chi connectivity index (χ3v) is 3.00. The van der Waals surface area contributed by atoms with E-state index in [2.05, 4.69) is 0 Å². The number of rotatable bonds is 3. The first-order chi connectivity index (χ1) is 9.13. The van der Waals surface area contributed by atoms with E-state index in [4.69, 9.17) is 22.2 Å². The zero-order valence-electron chi connectivity index (χ0n) is 10.3. The van der Waals surface area contributed by atoms with E-state index in [1.807, 2.05) is 0 Å². The van der Waals surface area contributed by atoms with Gasteiger partial charge < -0.3 is 4.74 Å². The Hall–Kier alpha value is -2.04. The van der Waals surface area contributed by atoms with Crippen LogP contribution in [0.25, 0.3) is 0 Å². The highest BCUT2D eigenvalue weighted by Gasteiger charge is 2.16. The van der Waals surface area contributed by atoms with Crippen molar-refractivity contribution in [1.29, 1.82) is 0 Å². The summed E-state index contributed by atoms with van der Waals surface area (Å²) in [7, 11) is 1.57. The Morgan fingerprint density at radius 1 is 1.16 bits per heavy atom. The smallest absolute Gasteiger partial charge is 0.273 e. The predicted octanol–water partition coefficient (Wildman–Crippen LogP) is 2.87. The molecule has 0 atom stereocenters. The Balaban J connectivity index is 2.26. The summed E-state index contributed by atoms with van der Waals surface area (Å²) in [5.74, 6) is 6.15. The SMILES string of the molecule is COc1ccc(N(N)C(=O)c2ccccc2Cl)cc1. The average molecular weight is 277 g/mol. The molecule has 0 unspecified atom stereocenters. The second kappa shape index (κ2) is 5.73. The second-order valence-corrected chi connectivity index (χ2v) is 4.26. The molecule has 0 heterocycles. The summed E-state index contributed by atoms with van der Waals surface area (Å²) in [5, 5.41) is 1.43. The molecule has 0 saturated heterocycles. The van der Waals surface area contributed by atoms with E-state index in [0.29, 0.717) is 22.0 Å². The van der Waals surface area contributed by atoms with E-state index >= 15 is 0 Å². The molecule has 98 valence electrons. The number of benzene rings is 2. The minimum Gasteiger partial charge on any atom is -0.497 e. The molecule has 5 heteroatoms. The molecule has 0 aromatic heterocycles. The van der Waals surface area contributed by atoms with E-state index in [0.717, 1.165) is 5.01 Å². The molecule has 0 aliphatic heterocycles. The summed E-state index contributed by atoms with van der Waals surface area (Å²) in [6, 6.07) is 13.6. The van der Waals surface area contributed by atoms with Crippen LogP contribution in [0.15, 0.2) is 48.5 Å². The van der Waals surface area contributed by atoms with E-state index in [-0.39, 0.29) is 5.91 Å². The third-order valence-electron chi connectivity index (χ3n) is 2.67. The zero-order chi connectivity index (χ0) is 13.8. The van der Waals surface area contributed by atoms with Crippen molar-refractivity contribution >= 4 is 23.2 Å². The van der Waals surface area contributed by atoms with E-state index in [1.54, 1.807) is 55.6 Å². The molecule has 2 rings (SSSR count). The van der Waals surface area contributed by atoms with Crippen LogP contribution in [0, 0.1) is 0 Å². The summed E-state index contributed by atoms with van der Waals surface area (Å²) in [6.07, 6.45) is 0. The fourth-order valence-electron chi connectivity index (χ4n) is 1.62. The molecule has 1 amide bonds. The number of halogens is 1. The number of carbonyl (C=O) groups is 1. The molecule has 4 nitrogen and oxygen atoms in total. The fourth-order valence-corrected chi connectivity index (χ4v) is 1.84. The van der Waals surface area contributed by atoms with Gasteiger partial charge in [0, 0.05) is 0 Å². The van der Waals surface area contributed by atoms with Gasteiger partial charge in [-0.3, -0.25) is 4.79 Å². The molecule has 0 fully saturated rings. The Kier molecular flexibility index (Phi) is 4.04. The van der Waals surface area contributed by atoms with Crippen LogP contribution in [0.5, 0.6) is 5.75 Å². The summed E-state index contributed by atoms with van der Waals surface area (Å²) >= 11 is 5.98. The molecule has 2 aromatic carbocycles. The minimum atomic E-state index is -0.365. The number of carbonyl (C=O) groups excluding carboxylic acids is 1. The third kappa shape index (κ3) is 2.86. The number of hydrogen-bond acceptors (Lipinski definition) is 3. The van der Waals surface area contributed by atoms with Crippen LogP contribution in [0.3, 0.4) is 0 Å². The van der Waals surface area contributed by atoms with Crippen molar-refractivity contribution in [2.45, 2.75) is 0 Å². The lowest BCUT2D eigenvalue weighted by Crippen LogP contribution is -2.37.